The van der Waals surface area contributed by atoms with Gasteiger partial charge < -0.3 is 20.3 Å². The van der Waals surface area contributed by atoms with E-state index in [-0.39, 0.29) is 0 Å². The van der Waals surface area contributed by atoms with E-state index in [0.29, 0.717) is 5.95 Å². The van der Waals surface area contributed by atoms with E-state index in [1.807, 2.05) is 30.3 Å². The summed E-state index contributed by atoms with van der Waals surface area (Å²) in [5.41, 5.74) is 0.842. The minimum Gasteiger partial charge on any atom is -0.495 e. The van der Waals surface area contributed by atoms with Crippen LogP contribution in [-0.4, -0.2) is 49.2 Å². The van der Waals surface area contributed by atoms with Crippen molar-refractivity contribution in [1.82, 2.24) is 14.9 Å². The Hall–Kier alpha value is -2.34. The van der Waals surface area contributed by atoms with Gasteiger partial charge in [0.2, 0.25) is 5.95 Å². The zero-order valence-electron chi connectivity index (χ0n) is 13.3. The number of hydrogen-bond acceptors (Lipinski definition) is 6. The number of para-hydroxylation sites is 2. The van der Waals surface area contributed by atoms with Crippen LogP contribution in [0.25, 0.3) is 0 Å². The Kier molecular flexibility index (Phi) is 5.97. The Morgan fingerprint density at radius 3 is 2.77 bits per heavy atom. The molecule has 6 nitrogen and oxygen atoms in total. The fraction of sp³-hybridized carbons (Fsp3) is 0.375. The third kappa shape index (κ3) is 4.89. The number of anilines is 3. The summed E-state index contributed by atoms with van der Waals surface area (Å²) >= 11 is 0. The van der Waals surface area contributed by atoms with E-state index < -0.39 is 0 Å². The topological polar surface area (TPSA) is 62.3 Å². The van der Waals surface area contributed by atoms with Crippen LogP contribution in [-0.2, 0) is 0 Å². The van der Waals surface area contributed by atoms with Crippen LogP contribution in [0.1, 0.15) is 6.42 Å². The molecule has 0 saturated carbocycles. The van der Waals surface area contributed by atoms with Crippen molar-refractivity contribution in [2.24, 2.45) is 0 Å². The minimum absolute atomic E-state index is 0.544. The van der Waals surface area contributed by atoms with Gasteiger partial charge in [0, 0.05) is 12.7 Å². The Labute approximate surface area is 131 Å². The zero-order valence-corrected chi connectivity index (χ0v) is 13.3. The lowest BCUT2D eigenvalue weighted by Crippen LogP contribution is -2.16. The van der Waals surface area contributed by atoms with Crippen molar-refractivity contribution in [1.29, 1.82) is 0 Å². The van der Waals surface area contributed by atoms with Gasteiger partial charge >= 0.3 is 0 Å². The molecule has 0 saturated heterocycles. The molecule has 118 valence electrons. The quantitative estimate of drug-likeness (QED) is 0.731. The van der Waals surface area contributed by atoms with Gasteiger partial charge in [-0.2, -0.15) is 4.98 Å². The van der Waals surface area contributed by atoms with Gasteiger partial charge in [0.1, 0.15) is 11.6 Å². The van der Waals surface area contributed by atoms with Crippen LogP contribution < -0.4 is 15.4 Å². The molecule has 0 radical (unpaired) electrons. The highest BCUT2D eigenvalue weighted by molar-refractivity contribution is 5.62. The average Bonchev–Trinajstić information content (AvgIpc) is 2.52. The fourth-order valence-electron chi connectivity index (χ4n) is 2.00. The number of methoxy groups -OCH3 is 1. The van der Waals surface area contributed by atoms with Gasteiger partial charge in [-0.25, -0.2) is 4.98 Å². The van der Waals surface area contributed by atoms with Crippen LogP contribution in [0.5, 0.6) is 5.75 Å². The van der Waals surface area contributed by atoms with E-state index in [2.05, 4.69) is 39.6 Å². The van der Waals surface area contributed by atoms with Crippen LogP contribution in [0.3, 0.4) is 0 Å². The number of benzene rings is 1. The largest absolute Gasteiger partial charge is 0.495 e. The number of hydrogen-bond donors (Lipinski definition) is 2. The molecule has 0 spiro atoms. The second-order valence-corrected chi connectivity index (χ2v) is 5.17. The molecule has 0 atom stereocenters. The molecule has 6 heteroatoms. The monoisotopic (exact) mass is 301 g/mol. The molecule has 2 N–H and O–H groups in total. The maximum absolute atomic E-state index is 5.31. The van der Waals surface area contributed by atoms with Crippen molar-refractivity contribution in [3.8, 4) is 5.75 Å². The molecule has 0 aliphatic carbocycles. The normalized spacial score (nSPS) is 10.5. The summed E-state index contributed by atoms with van der Waals surface area (Å²) in [6.07, 6.45) is 2.80. The summed E-state index contributed by atoms with van der Waals surface area (Å²) in [5.74, 6) is 2.11. The predicted molar refractivity (Wildman–Crippen MR) is 90.0 cm³/mol. The molecular formula is C16H23N5O. The third-order valence-electron chi connectivity index (χ3n) is 3.10. The van der Waals surface area contributed by atoms with Crippen LogP contribution in [0, 0.1) is 0 Å². The molecule has 1 heterocycles. The Balaban J connectivity index is 1.96. The van der Waals surface area contributed by atoms with Crippen molar-refractivity contribution >= 4 is 17.5 Å². The summed E-state index contributed by atoms with van der Waals surface area (Å²) in [6, 6.07) is 9.55. The van der Waals surface area contributed by atoms with Gasteiger partial charge in [-0.05, 0) is 45.3 Å². The van der Waals surface area contributed by atoms with Crippen molar-refractivity contribution < 1.29 is 4.74 Å². The highest BCUT2D eigenvalue weighted by Crippen LogP contribution is 2.25. The first kappa shape index (κ1) is 16.0. The minimum atomic E-state index is 0.544. The van der Waals surface area contributed by atoms with Crippen LogP contribution in [0.4, 0.5) is 17.5 Å². The third-order valence-corrected chi connectivity index (χ3v) is 3.10. The number of nitrogens with one attached hydrogen (secondary N) is 2. The van der Waals surface area contributed by atoms with Crippen LogP contribution >= 0.6 is 0 Å². The molecule has 0 fully saturated rings. The maximum Gasteiger partial charge on any atom is 0.229 e. The first-order valence-electron chi connectivity index (χ1n) is 7.30. The fourth-order valence-corrected chi connectivity index (χ4v) is 2.00. The molecule has 0 aliphatic rings. The summed E-state index contributed by atoms with van der Waals surface area (Å²) in [7, 11) is 5.78. The summed E-state index contributed by atoms with van der Waals surface area (Å²) < 4.78 is 5.31. The van der Waals surface area contributed by atoms with E-state index >= 15 is 0 Å². The van der Waals surface area contributed by atoms with Crippen LogP contribution in [0.2, 0.25) is 0 Å². The maximum atomic E-state index is 5.31. The Morgan fingerprint density at radius 1 is 1.18 bits per heavy atom. The van der Waals surface area contributed by atoms with E-state index in [4.69, 9.17) is 4.74 Å². The van der Waals surface area contributed by atoms with Crippen molar-refractivity contribution in [2.75, 3.05) is 44.9 Å². The lowest BCUT2D eigenvalue weighted by Gasteiger charge is -2.12. The summed E-state index contributed by atoms with van der Waals surface area (Å²) in [5, 5.41) is 6.48. The van der Waals surface area contributed by atoms with Gasteiger partial charge in [-0.1, -0.05) is 12.1 Å². The summed E-state index contributed by atoms with van der Waals surface area (Å²) in [6.45, 7) is 1.92. The molecule has 2 rings (SSSR count). The average molecular weight is 301 g/mol. The second-order valence-electron chi connectivity index (χ2n) is 5.17. The first-order valence-corrected chi connectivity index (χ1v) is 7.30. The van der Waals surface area contributed by atoms with E-state index in [9.17, 15) is 0 Å². The van der Waals surface area contributed by atoms with Gasteiger partial charge in [0.25, 0.3) is 0 Å². The number of aromatic nitrogens is 2. The standard InChI is InChI=1S/C16H23N5O/c1-21(2)12-6-10-17-15-9-11-18-16(20-15)19-13-7-4-5-8-14(13)22-3/h4-5,7-9,11H,6,10,12H2,1-3H3,(H2,17,18,19,20). The Bertz CT molecular complexity index is 588. The first-order chi connectivity index (χ1) is 10.7. The molecule has 0 amide bonds. The van der Waals surface area contributed by atoms with Gasteiger partial charge in [0.05, 0.1) is 12.8 Å². The van der Waals surface area contributed by atoms with E-state index in [1.54, 1.807) is 13.3 Å². The molecule has 2 aromatic rings. The second kappa shape index (κ2) is 8.19. The van der Waals surface area contributed by atoms with Crippen LogP contribution in [0.15, 0.2) is 36.5 Å². The molecule has 0 bridgehead atoms. The lowest BCUT2D eigenvalue weighted by molar-refractivity contribution is 0.405. The molecule has 0 aliphatic heterocycles. The smallest absolute Gasteiger partial charge is 0.229 e. The number of nitrogens with zero attached hydrogens (tertiary/aromatic N) is 3. The lowest BCUT2D eigenvalue weighted by atomic mass is 10.3. The molecule has 1 aromatic heterocycles. The van der Waals surface area contributed by atoms with Gasteiger partial charge in [0.15, 0.2) is 0 Å². The highest BCUT2D eigenvalue weighted by Gasteiger charge is 2.04. The van der Waals surface area contributed by atoms with Crippen molar-refractivity contribution in [2.45, 2.75) is 6.42 Å². The molecule has 1 aromatic carbocycles. The van der Waals surface area contributed by atoms with Gasteiger partial charge in [-0.3, -0.25) is 0 Å². The van der Waals surface area contributed by atoms with E-state index in [1.165, 1.54) is 0 Å². The SMILES string of the molecule is COc1ccccc1Nc1nccc(NCCCN(C)C)n1. The zero-order chi connectivity index (χ0) is 15.8. The summed E-state index contributed by atoms with van der Waals surface area (Å²) in [4.78, 5) is 10.9. The van der Waals surface area contributed by atoms with Gasteiger partial charge in [-0.15, -0.1) is 0 Å². The Morgan fingerprint density at radius 2 is 2.00 bits per heavy atom. The van der Waals surface area contributed by atoms with Crippen molar-refractivity contribution in [3.63, 3.8) is 0 Å². The number of ether oxygens (including phenoxy) is 1. The molecule has 22 heavy (non-hydrogen) atoms. The number of rotatable bonds is 8. The predicted octanol–water partition coefficient (Wildman–Crippen LogP) is 2.59. The molecule has 0 unspecified atom stereocenters. The van der Waals surface area contributed by atoms with Crippen molar-refractivity contribution in [3.05, 3.63) is 36.5 Å². The van der Waals surface area contributed by atoms with E-state index in [0.717, 1.165) is 36.8 Å². The highest BCUT2D eigenvalue weighted by atomic mass is 16.5. The molecular weight excluding hydrogens is 278 g/mol.